The molecule has 1 aliphatic heterocycles. The fraction of sp³-hybridized carbons (Fsp3) is 1.00. The zero-order valence-electron chi connectivity index (χ0n) is 7.81. The minimum Gasteiger partial charge on any atom is -0.387 e. The standard InChI is InChI=1S/C6H12BO7P/c7-2-6(9)3-13-4(5(6)8)1-14-15(10,11)12/h4-5,8-9H,1-3H2,(H2,10,11,12)/t4-,5?,6?/m1/s1. The maximum absolute atomic E-state index is 10.4. The molecule has 1 saturated heterocycles. The van der Waals surface area contributed by atoms with Crippen molar-refractivity contribution in [3.63, 3.8) is 0 Å². The van der Waals surface area contributed by atoms with E-state index in [9.17, 15) is 14.8 Å². The predicted octanol–water partition coefficient (Wildman–Crippen LogP) is -1.83. The van der Waals surface area contributed by atoms with Gasteiger partial charge in [-0.3, -0.25) is 4.52 Å². The molecule has 15 heavy (non-hydrogen) atoms. The Morgan fingerprint density at radius 2 is 2.20 bits per heavy atom. The summed E-state index contributed by atoms with van der Waals surface area (Å²) in [6.07, 6.45) is -2.53. The lowest BCUT2D eigenvalue weighted by atomic mass is 9.83. The average molecular weight is 238 g/mol. The zero-order chi connectivity index (χ0) is 11.7. The van der Waals surface area contributed by atoms with Gasteiger partial charge in [-0.1, -0.05) is 6.32 Å². The van der Waals surface area contributed by atoms with Crippen LogP contribution in [0.5, 0.6) is 0 Å². The van der Waals surface area contributed by atoms with E-state index < -0.39 is 32.2 Å². The average Bonchev–Trinajstić information content (AvgIpc) is 2.41. The molecule has 0 bridgehead atoms. The highest BCUT2D eigenvalue weighted by Crippen LogP contribution is 2.37. The number of hydrogen-bond acceptors (Lipinski definition) is 5. The van der Waals surface area contributed by atoms with Crippen molar-refractivity contribution in [3.8, 4) is 0 Å². The Labute approximate surface area is 87.7 Å². The summed E-state index contributed by atoms with van der Waals surface area (Å²) in [4.78, 5) is 16.8. The van der Waals surface area contributed by atoms with E-state index in [0.29, 0.717) is 0 Å². The fourth-order valence-electron chi connectivity index (χ4n) is 1.26. The van der Waals surface area contributed by atoms with E-state index in [1.807, 2.05) is 0 Å². The molecule has 1 fully saturated rings. The second kappa shape index (κ2) is 4.51. The molecule has 0 aromatic rings. The lowest BCUT2D eigenvalue weighted by molar-refractivity contribution is -0.0426. The van der Waals surface area contributed by atoms with Crippen LogP contribution < -0.4 is 0 Å². The van der Waals surface area contributed by atoms with Gasteiger partial charge in [-0.15, -0.1) is 0 Å². The second-order valence-electron chi connectivity index (χ2n) is 3.39. The molecule has 1 heterocycles. The van der Waals surface area contributed by atoms with Gasteiger partial charge < -0.3 is 24.7 Å². The largest absolute Gasteiger partial charge is 0.469 e. The molecule has 1 aliphatic rings. The Morgan fingerprint density at radius 3 is 2.60 bits per heavy atom. The molecule has 0 aliphatic carbocycles. The lowest BCUT2D eigenvalue weighted by Gasteiger charge is -2.24. The molecule has 2 unspecified atom stereocenters. The molecule has 0 aromatic carbocycles. The van der Waals surface area contributed by atoms with E-state index in [1.165, 1.54) is 0 Å². The number of hydrogen-bond donors (Lipinski definition) is 4. The molecule has 86 valence electrons. The van der Waals surface area contributed by atoms with Crippen LogP contribution in [0.25, 0.3) is 0 Å². The maximum atomic E-state index is 10.4. The summed E-state index contributed by atoms with van der Waals surface area (Å²) in [5, 5.41) is 19.1. The first-order valence-corrected chi connectivity index (χ1v) is 5.74. The van der Waals surface area contributed by atoms with Crippen LogP contribution in [0, 0.1) is 0 Å². The topological polar surface area (TPSA) is 116 Å². The van der Waals surface area contributed by atoms with Crippen LogP contribution in [0.3, 0.4) is 0 Å². The van der Waals surface area contributed by atoms with Crippen LogP contribution in [-0.4, -0.2) is 58.9 Å². The monoisotopic (exact) mass is 238 g/mol. The van der Waals surface area contributed by atoms with E-state index in [4.69, 9.17) is 22.4 Å². The summed E-state index contributed by atoms with van der Waals surface area (Å²) in [7, 11) is 0.619. The van der Waals surface area contributed by atoms with Gasteiger partial charge in [0.1, 0.15) is 17.8 Å². The van der Waals surface area contributed by atoms with Crippen LogP contribution in [0.2, 0.25) is 6.32 Å². The van der Waals surface area contributed by atoms with Crippen LogP contribution in [0.1, 0.15) is 0 Å². The van der Waals surface area contributed by atoms with Crippen molar-refractivity contribution in [2.45, 2.75) is 24.1 Å². The van der Waals surface area contributed by atoms with Gasteiger partial charge in [0.05, 0.1) is 21.1 Å². The minimum absolute atomic E-state index is 0.195. The van der Waals surface area contributed by atoms with Gasteiger partial charge in [-0.2, -0.15) is 0 Å². The first kappa shape index (κ1) is 13.1. The van der Waals surface area contributed by atoms with Crippen molar-refractivity contribution in [3.05, 3.63) is 0 Å². The summed E-state index contributed by atoms with van der Waals surface area (Å²) >= 11 is 0. The Bertz CT molecular complexity index is 268. The first-order valence-electron chi connectivity index (χ1n) is 4.21. The van der Waals surface area contributed by atoms with Crippen molar-refractivity contribution < 1.29 is 33.8 Å². The Kier molecular flexibility index (Phi) is 3.94. The molecule has 0 aromatic heterocycles. The molecule has 2 radical (unpaired) electrons. The van der Waals surface area contributed by atoms with Gasteiger partial charge in [0, 0.05) is 0 Å². The van der Waals surface area contributed by atoms with Crippen molar-refractivity contribution in [1.82, 2.24) is 0 Å². The molecule has 3 atom stereocenters. The van der Waals surface area contributed by atoms with Crippen LogP contribution in [0.4, 0.5) is 0 Å². The van der Waals surface area contributed by atoms with Crippen molar-refractivity contribution >= 4 is 15.7 Å². The third-order valence-corrected chi connectivity index (χ3v) is 2.70. The Morgan fingerprint density at radius 1 is 1.60 bits per heavy atom. The highest BCUT2D eigenvalue weighted by atomic mass is 31.2. The molecule has 7 nitrogen and oxygen atoms in total. The van der Waals surface area contributed by atoms with E-state index in [0.717, 1.165) is 0 Å². The highest BCUT2D eigenvalue weighted by molar-refractivity contribution is 7.46. The van der Waals surface area contributed by atoms with Crippen molar-refractivity contribution in [2.75, 3.05) is 13.2 Å². The van der Waals surface area contributed by atoms with E-state index in [2.05, 4.69) is 4.52 Å². The SMILES string of the molecule is [B]CC1(O)CO[C@H](COP(=O)(O)O)C1O. The third kappa shape index (κ3) is 3.25. The third-order valence-electron chi connectivity index (χ3n) is 2.21. The van der Waals surface area contributed by atoms with Gasteiger partial charge in [0.25, 0.3) is 0 Å². The molecular weight excluding hydrogens is 226 g/mol. The highest BCUT2D eigenvalue weighted by Gasteiger charge is 2.46. The molecule has 0 saturated carbocycles. The summed E-state index contributed by atoms with van der Waals surface area (Å²) in [5.41, 5.74) is -1.58. The number of phosphoric acid groups is 1. The van der Waals surface area contributed by atoms with Gasteiger partial charge in [0.15, 0.2) is 0 Å². The predicted molar refractivity (Wildman–Crippen MR) is 49.3 cm³/mol. The molecule has 1 rings (SSSR count). The number of rotatable bonds is 4. The van der Waals surface area contributed by atoms with E-state index >= 15 is 0 Å². The molecular formula is C6H12BO7P. The van der Waals surface area contributed by atoms with Crippen molar-refractivity contribution in [1.29, 1.82) is 0 Å². The Hall–Kier alpha value is 0.0549. The molecule has 9 heteroatoms. The van der Waals surface area contributed by atoms with Crippen molar-refractivity contribution in [2.24, 2.45) is 0 Å². The summed E-state index contributed by atoms with van der Waals surface area (Å²) in [6, 6.07) is 0. The molecule has 0 spiro atoms. The van der Waals surface area contributed by atoms with E-state index in [-0.39, 0.29) is 12.9 Å². The summed E-state index contributed by atoms with van der Waals surface area (Å²) in [6.45, 7) is -0.701. The van der Waals surface area contributed by atoms with Crippen LogP contribution in [-0.2, 0) is 13.8 Å². The smallest absolute Gasteiger partial charge is 0.387 e. The molecule has 0 amide bonds. The van der Waals surface area contributed by atoms with Gasteiger partial charge >= 0.3 is 7.82 Å². The number of ether oxygens (including phenoxy) is 1. The van der Waals surface area contributed by atoms with Crippen LogP contribution >= 0.6 is 7.82 Å². The quantitative estimate of drug-likeness (QED) is 0.336. The number of aliphatic hydroxyl groups excluding tert-OH is 1. The molecule has 4 N–H and O–H groups in total. The maximum Gasteiger partial charge on any atom is 0.469 e. The van der Waals surface area contributed by atoms with Gasteiger partial charge in [-0.05, 0) is 0 Å². The normalized spacial score (nSPS) is 37.1. The van der Waals surface area contributed by atoms with E-state index in [1.54, 1.807) is 0 Å². The fourth-order valence-corrected chi connectivity index (χ4v) is 1.60. The Balaban J connectivity index is 2.50. The van der Waals surface area contributed by atoms with Gasteiger partial charge in [0.2, 0.25) is 0 Å². The summed E-state index contributed by atoms with van der Waals surface area (Å²) in [5.74, 6) is 0. The number of aliphatic hydroxyl groups is 2. The van der Waals surface area contributed by atoms with Crippen LogP contribution in [0.15, 0.2) is 0 Å². The van der Waals surface area contributed by atoms with Gasteiger partial charge in [-0.25, -0.2) is 4.57 Å². The summed E-state index contributed by atoms with van der Waals surface area (Å²) < 4.78 is 19.4. The lowest BCUT2D eigenvalue weighted by Crippen LogP contribution is -2.44. The zero-order valence-corrected chi connectivity index (χ0v) is 8.71. The minimum atomic E-state index is -4.60. The number of phosphoric ester groups is 1. The first-order chi connectivity index (χ1) is 6.78. The second-order valence-corrected chi connectivity index (χ2v) is 4.63.